The highest BCUT2D eigenvalue weighted by Crippen LogP contribution is 2.28. The first-order valence-electron chi connectivity index (χ1n) is 6.19. The van der Waals surface area contributed by atoms with Crippen LogP contribution in [0.2, 0.25) is 0 Å². The summed E-state index contributed by atoms with van der Waals surface area (Å²) in [7, 11) is 1.55. The number of methoxy groups -OCH3 is 1. The van der Waals surface area contributed by atoms with Crippen molar-refractivity contribution in [2.24, 2.45) is 0 Å². The van der Waals surface area contributed by atoms with Crippen molar-refractivity contribution < 1.29 is 13.5 Å². The molecular formula is C15H11F2N3O. The van der Waals surface area contributed by atoms with Gasteiger partial charge in [0.1, 0.15) is 35.2 Å². The van der Waals surface area contributed by atoms with Gasteiger partial charge in [-0.05, 0) is 24.3 Å². The molecule has 0 spiro atoms. The maximum Gasteiger partial charge on any atom is 0.149 e. The van der Waals surface area contributed by atoms with Crippen molar-refractivity contribution in [1.82, 2.24) is 9.97 Å². The van der Waals surface area contributed by atoms with Gasteiger partial charge in [0.15, 0.2) is 0 Å². The van der Waals surface area contributed by atoms with Gasteiger partial charge in [-0.25, -0.2) is 18.7 Å². The van der Waals surface area contributed by atoms with Crippen LogP contribution in [-0.2, 0) is 0 Å². The molecule has 0 bridgehead atoms. The van der Waals surface area contributed by atoms with Crippen molar-refractivity contribution >= 4 is 22.4 Å². The van der Waals surface area contributed by atoms with E-state index in [9.17, 15) is 8.78 Å². The molecule has 21 heavy (non-hydrogen) atoms. The fraction of sp³-hybridized carbons (Fsp3) is 0.0667. The number of anilines is 2. The van der Waals surface area contributed by atoms with E-state index in [4.69, 9.17) is 4.74 Å². The molecule has 0 unspecified atom stereocenters. The molecule has 3 rings (SSSR count). The van der Waals surface area contributed by atoms with Gasteiger partial charge in [0.2, 0.25) is 0 Å². The lowest BCUT2D eigenvalue weighted by molar-refractivity contribution is 0.415. The van der Waals surface area contributed by atoms with Gasteiger partial charge >= 0.3 is 0 Å². The molecule has 4 nitrogen and oxygen atoms in total. The van der Waals surface area contributed by atoms with Crippen LogP contribution in [0.25, 0.3) is 10.9 Å². The molecule has 0 aliphatic carbocycles. The third-order valence-corrected chi connectivity index (χ3v) is 3.05. The molecular weight excluding hydrogens is 276 g/mol. The summed E-state index contributed by atoms with van der Waals surface area (Å²) in [6.07, 6.45) is 1.32. The summed E-state index contributed by atoms with van der Waals surface area (Å²) in [5.74, 6) is -0.401. The Bertz CT molecular complexity index is 788. The van der Waals surface area contributed by atoms with Crippen LogP contribution in [0.15, 0.2) is 42.7 Å². The Kier molecular flexibility index (Phi) is 3.35. The minimum Gasteiger partial charge on any atom is -0.497 e. The lowest BCUT2D eigenvalue weighted by Gasteiger charge is -2.10. The maximum atomic E-state index is 13.7. The summed E-state index contributed by atoms with van der Waals surface area (Å²) in [6.45, 7) is 0. The highest BCUT2D eigenvalue weighted by atomic mass is 19.1. The molecule has 1 heterocycles. The van der Waals surface area contributed by atoms with Crippen LogP contribution < -0.4 is 10.1 Å². The minimum absolute atomic E-state index is 0.242. The van der Waals surface area contributed by atoms with Crippen molar-refractivity contribution in [2.45, 2.75) is 0 Å². The Labute approximate surface area is 119 Å². The molecule has 2 aromatic carbocycles. The van der Waals surface area contributed by atoms with Gasteiger partial charge in [-0.2, -0.15) is 0 Å². The van der Waals surface area contributed by atoms with E-state index in [1.165, 1.54) is 24.5 Å². The highest BCUT2D eigenvalue weighted by Gasteiger charge is 2.11. The van der Waals surface area contributed by atoms with Crippen molar-refractivity contribution in [3.8, 4) is 5.75 Å². The standard InChI is InChI=1S/C15H11F2N3O/c1-21-9-5-6-10-13(7-9)18-8-19-15(10)20-14-11(16)3-2-4-12(14)17/h2-8H,1H3,(H,18,19,20). The number of hydrogen-bond donors (Lipinski definition) is 1. The first-order chi connectivity index (χ1) is 10.2. The number of nitrogens with one attached hydrogen (secondary N) is 1. The second-order valence-electron chi connectivity index (χ2n) is 4.33. The molecule has 1 aromatic heterocycles. The number of para-hydroxylation sites is 1. The molecule has 1 N–H and O–H groups in total. The molecule has 3 aromatic rings. The molecule has 0 aliphatic heterocycles. The molecule has 0 saturated heterocycles. The van der Waals surface area contributed by atoms with E-state index in [0.717, 1.165) is 0 Å². The van der Waals surface area contributed by atoms with Crippen LogP contribution in [0.1, 0.15) is 0 Å². The van der Waals surface area contributed by atoms with E-state index >= 15 is 0 Å². The van der Waals surface area contributed by atoms with Crippen LogP contribution in [0.3, 0.4) is 0 Å². The number of nitrogens with zero attached hydrogens (tertiary/aromatic N) is 2. The SMILES string of the molecule is COc1ccc2c(Nc3c(F)cccc3F)ncnc2c1. The lowest BCUT2D eigenvalue weighted by Crippen LogP contribution is -2.00. The molecule has 0 amide bonds. The molecule has 0 aliphatic rings. The molecule has 0 atom stereocenters. The Balaban J connectivity index is 2.09. The Hall–Kier alpha value is -2.76. The van der Waals surface area contributed by atoms with E-state index in [1.807, 2.05) is 0 Å². The van der Waals surface area contributed by atoms with Gasteiger partial charge in [0.25, 0.3) is 0 Å². The van der Waals surface area contributed by atoms with Crippen molar-refractivity contribution in [3.63, 3.8) is 0 Å². The third kappa shape index (κ3) is 2.47. The second kappa shape index (κ2) is 5.32. The quantitative estimate of drug-likeness (QED) is 0.798. The zero-order valence-electron chi connectivity index (χ0n) is 11.1. The predicted molar refractivity (Wildman–Crippen MR) is 75.7 cm³/mol. The average Bonchev–Trinajstić information content (AvgIpc) is 2.50. The number of ether oxygens (including phenoxy) is 1. The van der Waals surface area contributed by atoms with Gasteiger partial charge in [0, 0.05) is 11.5 Å². The number of aromatic nitrogens is 2. The third-order valence-electron chi connectivity index (χ3n) is 3.05. The van der Waals surface area contributed by atoms with Crippen LogP contribution in [0.5, 0.6) is 5.75 Å². The van der Waals surface area contributed by atoms with E-state index in [0.29, 0.717) is 22.5 Å². The first kappa shape index (κ1) is 13.2. The van der Waals surface area contributed by atoms with Crippen molar-refractivity contribution in [3.05, 3.63) is 54.4 Å². The second-order valence-corrected chi connectivity index (χ2v) is 4.33. The van der Waals surface area contributed by atoms with E-state index in [1.54, 1.807) is 25.3 Å². The van der Waals surface area contributed by atoms with Crippen LogP contribution in [-0.4, -0.2) is 17.1 Å². The minimum atomic E-state index is -0.685. The first-order valence-corrected chi connectivity index (χ1v) is 6.19. The fourth-order valence-electron chi connectivity index (χ4n) is 2.00. The van der Waals surface area contributed by atoms with Crippen LogP contribution >= 0.6 is 0 Å². The Morgan fingerprint density at radius 2 is 1.81 bits per heavy atom. The van der Waals surface area contributed by atoms with E-state index in [2.05, 4.69) is 15.3 Å². The zero-order chi connectivity index (χ0) is 14.8. The molecule has 0 fully saturated rings. The summed E-state index contributed by atoms with van der Waals surface area (Å²) >= 11 is 0. The number of halogens is 2. The van der Waals surface area contributed by atoms with Crippen LogP contribution in [0, 0.1) is 11.6 Å². The molecule has 0 radical (unpaired) electrons. The summed E-state index contributed by atoms with van der Waals surface area (Å²) in [5.41, 5.74) is 0.372. The summed E-state index contributed by atoms with van der Waals surface area (Å²) in [5, 5.41) is 3.32. The number of benzene rings is 2. The molecule has 6 heteroatoms. The summed E-state index contributed by atoms with van der Waals surface area (Å²) < 4.78 is 32.5. The van der Waals surface area contributed by atoms with E-state index in [-0.39, 0.29) is 5.69 Å². The average molecular weight is 287 g/mol. The fourth-order valence-corrected chi connectivity index (χ4v) is 2.00. The Morgan fingerprint density at radius 1 is 1.05 bits per heavy atom. The van der Waals surface area contributed by atoms with E-state index < -0.39 is 11.6 Å². The number of hydrogen-bond acceptors (Lipinski definition) is 4. The normalized spacial score (nSPS) is 10.6. The highest BCUT2D eigenvalue weighted by molar-refractivity contribution is 5.91. The lowest BCUT2D eigenvalue weighted by atomic mass is 10.2. The summed E-state index contributed by atoms with van der Waals surface area (Å²) in [4.78, 5) is 8.16. The number of rotatable bonds is 3. The maximum absolute atomic E-state index is 13.7. The van der Waals surface area contributed by atoms with Crippen LogP contribution in [0.4, 0.5) is 20.3 Å². The van der Waals surface area contributed by atoms with Gasteiger partial charge < -0.3 is 10.1 Å². The van der Waals surface area contributed by atoms with Gasteiger partial charge in [-0.15, -0.1) is 0 Å². The summed E-state index contributed by atoms with van der Waals surface area (Å²) in [6, 6.07) is 8.85. The monoisotopic (exact) mass is 287 g/mol. The molecule has 0 saturated carbocycles. The smallest absolute Gasteiger partial charge is 0.149 e. The predicted octanol–water partition coefficient (Wildman–Crippen LogP) is 3.66. The van der Waals surface area contributed by atoms with Crippen molar-refractivity contribution in [1.29, 1.82) is 0 Å². The van der Waals surface area contributed by atoms with Crippen molar-refractivity contribution in [2.75, 3.05) is 12.4 Å². The number of fused-ring (bicyclic) bond motifs is 1. The molecule has 106 valence electrons. The van der Waals surface area contributed by atoms with Gasteiger partial charge in [0.05, 0.1) is 12.6 Å². The topological polar surface area (TPSA) is 47.0 Å². The largest absolute Gasteiger partial charge is 0.497 e. The van der Waals surface area contributed by atoms with Gasteiger partial charge in [-0.3, -0.25) is 0 Å². The Morgan fingerprint density at radius 3 is 2.52 bits per heavy atom. The zero-order valence-corrected chi connectivity index (χ0v) is 11.1. The van der Waals surface area contributed by atoms with Gasteiger partial charge in [-0.1, -0.05) is 6.07 Å².